The van der Waals surface area contributed by atoms with Crippen LogP contribution in [0.15, 0.2) is 18.2 Å². The van der Waals surface area contributed by atoms with Crippen molar-refractivity contribution in [1.82, 2.24) is 0 Å². The van der Waals surface area contributed by atoms with Crippen molar-refractivity contribution >= 4 is 0 Å². The van der Waals surface area contributed by atoms with E-state index in [4.69, 9.17) is 0 Å². The highest BCUT2D eigenvalue weighted by atomic mass is 19.2. The Balaban J connectivity index is 2.84. The second-order valence-electron chi connectivity index (χ2n) is 3.16. The molecule has 0 bridgehead atoms. The monoisotopic (exact) mass is 183 g/mol. The molecule has 0 saturated carbocycles. The van der Waals surface area contributed by atoms with Crippen molar-refractivity contribution in [3.05, 3.63) is 42.3 Å². The normalized spacial score (nSPS) is 12.9. The van der Waals surface area contributed by atoms with Gasteiger partial charge in [-0.05, 0) is 37.0 Å². The van der Waals surface area contributed by atoms with Gasteiger partial charge in [-0.3, -0.25) is 0 Å². The second-order valence-corrected chi connectivity index (χ2v) is 3.16. The van der Waals surface area contributed by atoms with E-state index in [1.807, 2.05) is 6.92 Å². The summed E-state index contributed by atoms with van der Waals surface area (Å²) in [6.07, 6.45) is 1.89. The number of halogens is 2. The molecule has 13 heavy (non-hydrogen) atoms. The van der Waals surface area contributed by atoms with Crippen molar-refractivity contribution < 1.29 is 8.78 Å². The lowest BCUT2D eigenvalue weighted by atomic mass is 9.96. The van der Waals surface area contributed by atoms with Crippen LogP contribution >= 0.6 is 0 Å². The Morgan fingerprint density at radius 1 is 1.31 bits per heavy atom. The average molecular weight is 183 g/mol. The molecule has 1 atom stereocenters. The molecule has 71 valence electrons. The highest BCUT2D eigenvalue weighted by Gasteiger charge is 2.07. The van der Waals surface area contributed by atoms with Crippen LogP contribution in [-0.4, -0.2) is 0 Å². The summed E-state index contributed by atoms with van der Waals surface area (Å²) in [6, 6.07) is 3.97. The largest absolute Gasteiger partial charge is 0.204 e. The van der Waals surface area contributed by atoms with Crippen LogP contribution in [0.25, 0.3) is 0 Å². The van der Waals surface area contributed by atoms with E-state index in [-0.39, 0.29) is 5.92 Å². The van der Waals surface area contributed by atoms with Gasteiger partial charge in [-0.1, -0.05) is 19.4 Å². The summed E-state index contributed by atoms with van der Waals surface area (Å²) >= 11 is 0. The Hall–Kier alpha value is -0.920. The van der Waals surface area contributed by atoms with Crippen LogP contribution in [0, 0.1) is 18.6 Å². The summed E-state index contributed by atoms with van der Waals surface area (Å²) in [5, 5.41) is 0. The van der Waals surface area contributed by atoms with Crippen LogP contribution in [0.2, 0.25) is 0 Å². The molecule has 0 amide bonds. The van der Waals surface area contributed by atoms with Gasteiger partial charge >= 0.3 is 0 Å². The minimum Gasteiger partial charge on any atom is -0.204 e. The van der Waals surface area contributed by atoms with Gasteiger partial charge in [0.2, 0.25) is 0 Å². The minimum atomic E-state index is -0.799. The molecule has 1 aromatic carbocycles. The summed E-state index contributed by atoms with van der Waals surface area (Å²) in [5.74, 6) is -1.53. The smallest absolute Gasteiger partial charge is 0.159 e. The van der Waals surface area contributed by atoms with Gasteiger partial charge in [-0.25, -0.2) is 8.78 Å². The van der Waals surface area contributed by atoms with Crippen molar-refractivity contribution in [1.29, 1.82) is 0 Å². The first-order valence-corrected chi connectivity index (χ1v) is 4.43. The fraction of sp³-hybridized carbons (Fsp3) is 0.364. The average Bonchev–Trinajstić information content (AvgIpc) is 2.10. The van der Waals surface area contributed by atoms with Crippen molar-refractivity contribution in [2.75, 3.05) is 0 Å². The van der Waals surface area contributed by atoms with E-state index in [9.17, 15) is 8.78 Å². The van der Waals surface area contributed by atoms with Gasteiger partial charge in [0.25, 0.3) is 0 Å². The van der Waals surface area contributed by atoms with E-state index in [1.165, 1.54) is 6.07 Å². The summed E-state index contributed by atoms with van der Waals surface area (Å²) in [4.78, 5) is 0. The third-order valence-corrected chi connectivity index (χ3v) is 2.05. The maximum absolute atomic E-state index is 12.8. The van der Waals surface area contributed by atoms with Crippen molar-refractivity contribution in [2.45, 2.75) is 25.7 Å². The maximum atomic E-state index is 12.8. The van der Waals surface area contributed by atoms with Gasteiger partial charge in [0.1, 0.15) is 0 Å². The van der Waals surface area contributed by atoms with Gasteiger partial charge in [0, 0.05) is 0 Å². The number of hydrogen-bond acceptors (Lipinski definition) is 0. The molecular formula is C11H13F2. The molecule has 1 unspecified atom stereocenters. The minimum absolute atomic E-state index is 0.0556. The maximum Gasteiger partial charge on any atom is 0.159 e. The molecule has 0 N–H and O–H groups in total. The van der Waals surface area contributed by atoms with Crippen molar-refractivity contribution in [3.63, 3.8) is 0 Å². The summed E-state index contributed by atoms with van der Waals surface area (Å²) in [6.45, 7) is 5.92. The van der Waals surface area contributed by atoms with E-state index in [0.29, 0.717) is 0 Å². The highest BCUT2D eigenvalue weighted by Crippen LogP contribution is 2.21. The first-order valence-electron chi connectivity index (χ1n) is 4.43. The van der Waals surface area contributed by atoms with Gasteiger partial charge in [0.15, 0.2) is 11.6 Å². The molecular weight excluding hydrogens is 170 g/mol. The zero-order valence-corrected chi connectivity index (χ0v) is 7.69. The third kappa shape index (κ3) is 2.51. The quantitative estimate of drug-likeness (QED) is 0.670. The molecule has 2 heteroatoms. The number of benzene rings is 1. The predicted molar refractivity (Wildman–Crippen MR) is 49.4 cm³/mol. The number of hydrogen-bond donors (Lipinski definition) is 0. The lowest BCUT2D eigenvalue weighted by Gasteiger charge is -2.09. The molecule has 1 aromatic rings. The van der Waals surface area contributed by atoms with Gasteiger partial charge in [0.05, 0.1) is 0 Å². The van der Waals surface area contributed by atoms with Crippen molar-refractivity contribution in [3.8, 4) is 0 Å². The molecule has 0 aliphatic rings. The van der Waals surface area contributed by atoms with Crippen LogP contribution in [-0.2, 0) is 0 Å². The second kappa shape index (κ2) is 4.35. The molecule has 0 heterocycles. The van der Waals surface area contributed by atoms with Crippen LogP contribution in [0.5, 0.6) is 0 Å². The SMILES string of the molecule is [CH2]C(CCC)c1ccc(F)c(F)c1. The van der Waals surface area contributed by atoms with Crippen LogP contribution in [0.4, 0.5) is 8.78 Å². The lowest BCUT2D eigenvalue weighted by molar-refractivity contribution is 0.505. The Labute approximate surface area is 77.6 Å². The van der Waals surface area contributed by atoms with Crippen LogP contribution in [0.3, 0.4) is 0 Å². The molecule has 0 aliphatic heterocycles. The van der Waals surface area contributed by atoms with Crippen molar-refractivity contribution in [2.24, 2.45) is 0 Å². The van der Waals surface area contributed by atoms with E-state index >= 15 is 0 Å². The van der Waals surface area contributed by atoms with Crippen LogP contribution < -0.4 is 0 Å². The molecule has 1 rings (SSSR count). The van der Waals surface area contributed by atoms with E-state index in [2.05, 4.69) is 6.92 Å². The fourth-order valence-corrected chi connectivity index (χ4v) is 1.28. The summed E-state index contributed by atoms with van der Waals surface area (Å²) in [5.41, 5.74) is 0.765. The molecule has 1 radical (unpaired) electrons. The predicted octanol–water partition coefficient (Wildman–Crippen LogP) is 3.68. The van der Waals surface area contributed by atoms with Gasteiger partial charge in [-0.2, -0.15) is 0 Å². The van der Waals surface area contributed by atoms with Gasteiger partial charge in [-0.15, -0.1) is 0 Å². The first kappa shape index (κ1) is 10.2. The Kier molecular flexibility index (Phi) is 3.40. The zero-order chi connectivity index (χ0) is 9.84. The topological polar surface area (TPSA) is 0 Å². The molecule has 0 aliphatic carbocycles. The summed E-state index contributed by atoms with van der Waals surface area (Å²) in [7, 11) is 0. The lowest BCUT2D eigenvalue weighted by Crippen LogP contribution is -1.95. The molecule has 0 fully saturated rings. The molecule has 0 saturated heterocycles. The molecule has 0 aromatic heterocycles. The molecule has 0 nitrogen and oxygen atoms in total. The number of rotatable bonds is 3. The molecule has 0 spiro atoms. The Bertz CT molecular complexity index is 281. The Morgan fingerprint density at radius 3 is 2.54 bits per heavy atom. The standard InChI is InChI=1S/C11H13F2/c1-3-4-8(2)9-5-6-10(12)11(13)7-9/h5-8H,2-4H2,1H3. The van der Waals surface area contributed by atoms with Gasteiger partial charge < -0.3 is 0 Å². The summed E-state index contributed by atoms with van der Waals surface area (Å²) < 4.78 is 25.3. The first-order chi connectivity index (χ1) is 6.15. The van der Waals surface area contributed by atoms with E-state index < -0.39 is 11.6 Å². The van der Waals surface area contributed by atoms with Crippen LogP contribution in [0.1, 0.15) is 31.2 Å². The zero-order valence-electron chi connectivity index (χ0n) is 7.69. The highest BCUT2D eigenvalue weighted by molar-refractivity contribution is 5.22. The van der Waals surface area contributed by atoms with E-state index in [1.54, 1.807) is 6.07 Å². The van der Waals surface area contributed by atoms with E-state index in [0.717, 1.165) is 24.5 Å². The third-order valence-electron chi connectivity index (χ3n) is 2.05. The Morgan fingerprint density at radius 2 is 2.00 bits per heavy atom. The fourth-order valence-electron chi connectivity index (χ4n) is 1.28.